The summed E-state index contributed by atoms with van der Waals surface area (Å²) < 4.78 is 6.17. The van der Waals surface area contributed by atoms with Crippen LogP contribution >= 0.6 is 0 Å². The van der Waals surface area contributed by atoms with Crippen molar-refractivity contribution < 1.29 is 4.74 Å². The zero-order valence-corrected chi connectivity index (χ0v) is 13.1. The van der Waals surface area contributed by atoms with Gasteiger partial charge in [-0.2, -0.15) is 5.26 Å². The van der Waals surface area contributed by atoms with Gasteiger partial charge in [0, 0.05) is 23.7 Å². The van der Waals surface area contributed by atoms with E-state index in [1.807, 2.05) is 6.07 Å². The molecule has 4 heteroatoms. The predicted molar refractivity (Wildman–Crippen MR) is 80.9 cm³/mol. The number of hydrogen-bond acceptors (Lipinski definition) is 4. The highest BCUT2D eigenvalue weighted by Gasteiger charge is 2.45. The Morgan fingerprint density at radius 1 is 1.48 bits per heavy atom. The molecule has 4 nitrogen and oxygen atoms in total. The van der Waals surface area contributed by atoms with Crippen molar-refractivity contribution in [2.45, 2.75) is 64.5 Å². The second-order valence-electron chi connectivity index (χ2n) is 7.68. The van der Waals surface area contributed by atoms with Gasteiger partial charge in [-0.05, 0) is 37.2 Å². The van der Waals surface area contributed by atoms with Gasteiger partial charge >= 0.3 is 0 Å². The molecule has 1 aromatic heterocycles. The Bertz CT molecular complexity index is 606. The van der Waals surface area contributed by atoms with E-state index in [0.29, 0.717) is 11.4 Å². The Balaban J connectivity index is 2.02. The molecule has 21 heavy (non-hydrogen) atoms. The van der Waals surface area contributed by atoms with Gasteiger partial charge in [-0.15, -0.1) is 0 Å². The second kappa shape index (κ2) is 4.71. The fraction of sp³-hybridized carbons (Fsp3) is 0.647. The number of nitrogens with two attached hydrogens (primary N) is 1. The van der Waals surface area contributed by atoms with Crippen molar-refractivity contribution in [3.05, 3.63) is 23.0 Å². The lowest BCUT2D eigenvalue weighted by Crippen LogP contribution is -2.48. The molecule has 1 aromatic rings. The molecule has 0 radical (unpaired) electrons. The third kappa shape index (κ3) is 2.63. The van der Waals surface area contributed by atoms with Gasteiger partial charge in [-0.25, -0.2) is 4.98 Å². The van der Waals surface area contributed by atoms with E-state index in [1.165, 1.54) is 6.42 Å². The number of pyridine rings is 1. The highest BCUT2D eigenvalue weighted by atomic mass is 16.5. The molecule has 0 amide bonds. The number of hydrogen-bond donors (Lipinski definition) is 1. The Hall–Kier alpha value is -1.60. The summed E-state index contributed by atoms with van der Waals surface area (Å²) in [6.45, 7) is 6.50. The smallest absolute Gasteiger partial charge is 0.183 e. The van der Waals surface area contributed by atoms with Crippen LogP contribution in [0.15, 0.2) is 6.07 Å². The van der Waals surface area contributed by atoms with Crippen molar-refractivity contribution in [2.24, 2.45) is 11.1 Å². The number of nitrogens with zero attached hydrogens (tertiary/aromatic N) is 2. The molecule has 1 atom stereocenters. The SMILES string of the molecule is CC(C)(C)Cc1cc2c(c(C#N)n1)OC1(CCC1)CC2N. The van der Waals surface area contributed by atoms with Gasteiger partial charge in [-0.3, -0.25) is 0 Å². The zero-order chi connectivity index (χ0) is 15.3. The molecule has 1 aliphatic heterocycles. The number of fused-ring (bicyclic) bond motifs is 1. The quantitative estimate of drug-likeness (QED) is 0.859. The Labute approximate surface area is 126 Å². The van der Waals surface area contributed by atoms with Crippen LogP contribution in [0.3, 0.4) is 0 Å². The van der Waals surface area contributed by atoms with Crippen LogP contribution in [0, 0.1) is 16.7 Å². The van der Waals surface area contributed by atoms with Crippen molar-refractivity contribution in [1.29, 1.82) is 5.26 Å². The number of aromatic nitrogens is 1. The van der Waals surface area contributed by atoms with Crippen LogP contribution in [0.5, 0.6) is 5.75 Å². The zero-order valence-electron chi connectivity index (χ0n) is 13.1. The van der Waals surface area contributed by atoms with Gasteiger partial charge in [-0.1, -0.05) is 20.8 Å². The average Bonchev–Trinajstić information content (AvgIpc) is 2.34. The fourth-order valence-electron chi connectivity index (χ4n) is 3.35. The van der Waals surface area contributed by atoms with E-state index in [4.69, 9.17) is 10.5 Å². The van der Waals surface area contributed by atoms with E-state index >= 15 is 0 Å². The summed E-state index contributed by atoms with van der Waals surface area (Å²) in [6.07, 6.45) is 4.93. The summed E-state index contributed by atoms with van der Waals surface area (Å²) in [7, 11) is 0. The van der Waals surface area contributed by atoms with Gasteiger partial charge < -0.3 is 10.5 Å². The molecule has 2 N–H and O–H groups in total. The van der Waals surface area contributed by atoms with E-state index in [0.717, 1.165) is 36.9 Å². The maximum Gasteiger partial charge on any atom is 0.183 e. The first-order valence-electron chi connectivity index (χ1n) is 7.70. The number of ether oxygens (including phenoxy) is 1. The molecule has 1 fully saturated rings. The van der Waals surface area contributed by atoms with E-state index in [2.05, 4.69) is 31.8 Å². The fourth-order valence-corrected chi connectivity index (χ4v) is 3.35. The topological polar surface area (TPSA) is 71.9 Å². The van der Waals surface area contributed by atoms with Gasteiger partial charge in [0.15, 0.2) is 11.4 Å². The largest absolute Gasteiger partial charge is 0.484 e. The molecule has 1 saturated carbocycles. The summed E-state index contributed by atoms with van der Waals surface area (Å²) in [6, 6.07) is 4.18. The average molecular weight is 285 g/mol. The predicted octanol–water partition coefficient (Wildman–Crippen LogP) is 3.25. The maximum atomic E-state index is 9.43. The summed E-state index contributed by atoms with van der Waals surface area (Å²) in [4.78, 5) is 4.51. The third-order valence-corrected chi connectivity index (χ3v) is 4.45. The summed E-state index contributed by atoms with van der Waals surface area (Å²) in [5.74, 6) is 0.633. The normalized spacial score (nSPS) is 22.9. The highest BCUT2D eigenvalue weighted by Crippen LogP contribution is 2.49. The lowest BCUT2D eigenvalue weighted by molar-refractivity contribution is -0.0336. The van der Waals surface area contributed by atoms with E-state index < -0.39 is 0 Å². The molecular weight excluding hydrogens is 262 g/mol. The highest BCUT2D eigenvalue weighted by molar-refractivity contribution is 5.49. The summed E-state index contributed by atoms with van der Waals surface area (Å²) in [5, 5.41) is 9.43. The first-order valence-corrected chi connectivity index (χ1v) is 7.70. The van der Waals surface area contributed by atoms with Gasteiger partial charge in [0.2, 0.25) is 0 Å². The van der Waals surface area contributed by atoms with Gasteiger partial charge in [0.1, 0.15) is 11.7 Å². The first kappa shape index (κ1) is 14.3. The van der Waals surface area contributed by atoms with Gasteiger partial charge in [0.25, 0.3) is 0 Å². The summed E-state index contributed by atoms with van der Waals surface area (Å²) in [5.41, 5.74) is 8.65. The van der Waals surface area contributed by atoms with Crippen molar-refractivity contribution in [2.75, 3.05) is 0 Å². The number of nitriles is 1. The minimum atomic E-state index is -0.134. The van der Waals surface area contributed by atoms with Crippen LogP contribution in [-0.2, 0) is 6.42 Å². The van der Waals surface area contributed by atoms with Crippen molar-refractivity contribution >= 4 is 0 Å². The van der Waals surface area contributed by atoms with Crippen LogP contribution in [0.2, 0.25) is 0 Å². The second-order valence-corrected chi connectivity index (χ2v) is 7.68. The van der Waals surface area contributed by atoms with E-state index in [-0.39, 0.29) is 17.1 Å². The van der Waals surface area contributed by atoms with Crippen molar-refractivity contribution in [3.63, 3.8) is 0 Å². The van der Waals surface area contributed by atoms with Crippen molar-refractivity contribution in [3.8, 4) is 11.8 Å². The number of rotatable bonds is 1. The lowest BCUT2D eigenvalue weighted by atomic mass is 9.73. The Morgan fingerprint density at radius 2 is 2.19 bits per heavy atom. The minimum Gasteiger partial charge on any atom is -0.484 e. The van der Waals surface area contributed by atoms with Crippen LogP contribution in [-0.4, -0.2) is 10.6 Å². The van der Waals surface area contributed by atoms with Crippen molar-refractivity contribution in [1.82, 2.24) is 4.98 Å². The minimum absolute atomic E-state index is 0.0529. The molecule has 1 aliphatic carbocycles. The van der Waals surface area contributed by atoms with E-state index in [1.54, 1.807) is 0 Å². The Morgan fingerprint density at radius 3 is 2.71 bits per heavy atom. The molecular formula is C17H23N3O. The van der Waals surface area contributed by atoms with Crippen LogP contribution < -0.4 is 10.5 Å². The molecule has 0 aromatic carbocycles. The molecule has 1 spiro atoms. The molecule has 0 bridgehead atoms. The monoisotopic (exact) mass is 285 g/mol. The molecule has 0 saturated heterocycles. The summed E-state index contributed by atoms with van der Waals surface area (Å²) >= 11 is 0. The lowest BCUT2D eigenvalue weighted by Gasteiger charge is -2.47. The third-order valence-electron chi connectivity index (χ3n) is 4.45. The van der Waals surface area contributed by atoms with Crippen LogP contribution in [0.4, 0.5) is 0 Å². The van der Waals surface area contributed by atoms with Crippen LogP contribution in [0.25, 0.3) is 0 Å². The Kier molecular flexibility index (Phi) is 3.22. The van der Waals surface area contributed by atoms with Crippen LogP contribution in [0.1, 0.15) is 69.4 Å². The standard InChI is InChI=1S/C17H23N3O/c1-16(2,3)8-11-7-12-13(19)9-17(5-4-6-17)21-15(12)14(10-18)20-11/h7,13H,4-6,8-9,19H2,1-3H3. The van der Waals surface area contributed by atoms with E-state index in [9.17, 15) is 5.26 Å². The molecule has 112 valence electrons. The molecule has 2 heterocycles. The maximum absolute atomic E-state index is 9.43. The molecule has 2 aliphatic rings. The first-order chi connectivity index (χ1) is 9.82. The molecule has 3 rings (SSSR count). The molecule has 1 unspecified atom stereocenters. The van der Waals surface area contributed by atoms with Gasteiger partial charge in [0.05, 0.1) is 0 Å².